The second kappa shape index (κ2) is 15.3. The Labute approximate surface area is 209 Å². The smallest absolute Gasteiger partial charge is 0.404 e. The molecule has 2 aliphatic rings. The van der Waals surface area contributed by atoms with Crippen LogP contribution < -0.4 is 4.52 Å². The Kier molecular flexibility index (Phi) is 12.5. The summed E-state index contributed by atoms with van der Waals surface area (Å²) in [4.78, 5) is 0. The molecular formula is C26H43O8P. The van der Waals surface area contributed by atoms with Gasteiger partial charge in [0.05, 0.1) is 6.61 Å². The molecule has 2 aliphatic heterocycles. The summed E-state index contributed by atoms with van der Waals surface area (Å²) in [5, 5.41) is 21.1. The van der Waals surface area contributed by atoms with E-state index in [0.29, 0.717) is 12.4 Å². The molecule has 0 radical (unpaired) electrons. The van der Waals surface area contributed by atoms with Gasteiger partial charge in [-0.05, 0) is 18.6 Å². The minimum absolute atomic E-state index is 0.100. The van der Waals surface area contributed by atoms with Crippen molar-refractivity contribution in [3.8, 4) is 5.75 Å². The van der Waals surface area contributed by atoms with Crippen LogP contribution in [0.2, 0.25) is 0 Å². The average molecular weight is 515 g/mol. The van der Waals surface area contributed by atoms with Crippen molar-refractivity contribution in [1.82, 2.24) is 0 Å². The molecule has 0 unspecified atom stereocenters. The Morgan fingerprint density at radius 2 is 1.49 bits per heavy atom. The number of ether oxygens (including phenoxy) is 2. The minimum atomic E-state index is -3.95. The molecule has 1 aromatic rings. The molecular weight excluding hydrogens is 471 g/mol. The summed E-state index contributed by atoms with van der Waals surface area (Å²) < 4.78 is 40.5. The van der Waals surface area contributed by atoms with Crippen LogP contribution in [0, 0.1) is 0 Å². The van der Waals surface area contributed by atoms with Crippen molar-refractivity contribution in [3.63, 3.8) is 0 Å². The zero-order chi connectivity index (χ0) is 24.9. The maximum atomic E-state index is 12.9. The Morgan fingerprint density at radius 3 is 2.11 bits per heavy atom. The van der Waals surface area contributed by atoms with Gasteiger partial charge < -0.3 is 24.2 Å². The maximum absolute atomic E-state index is 12.9. The molecule has 6 atom stereocenters. The number of phosphoric acid groups is 1. The van der Waals surface area contributed by atoms with Gasteiger partial charge in [0.2, 0.25) is 0 Å². The normalized spacial score (nSPS) is 30.7. The van der Waals surface area contributed by atoms with E-state index in [0.717, 1.165) is 12.8 Å². The molecule has 2 saturated heterocycles. The molecule has 8 nitrogen and oxygen atoms in total. The first-order valence-corrected chi connectivity index (χ1v) is 14.8. The van der Waals surface area contributed by atoms with Crippen molar-refractivity contribution in [2.24, 2.45) is 0 Å². The summed E-state index contributed by atoms with van der Waals surface area (Å²) in [5.41, 5.74) is 0. The second-order valence-electron chi connectivity index (χ2n) is 9.50. The number of rotatable bonds is 16. The Bertz CT molecular complexity index is 746. The third-order valence-corrected chi connectivity index (χ3v) is 7.93. The topological polar surface area (TPSA) is 104 Å². The fourth-order valence-electron chi connectivity index (χ4n) is 4.45. The maximum Gasteiger partial charge on any atom is 0.530 e. The molecule has 2 N–H and O–H groups in total. The monoisotopic (exact) mass is 514 g/mol. The summed E-state index contributed by atoms with van der Waals surface area (Å²) >= 11 is 0. The van der Waals surface area contributed by atoms with E-state index in [1.807, 2.05) is 0 Å². The van der Waals surface area contributed by atoms with Crippen LogP contribution in [-0.2, 0) is 23.1 Å². The molecule has 9 heteroatoms. The fraction of sp³-hybridized carbons (Fsp3) is 0.769. The zero-order valence-corrected chi connectivity index (χ0v) is 21.9. The summed E-state index contributed by atoms with van der Waals surface area (Å²) in [6, 6.07) is 8.51. The molecule has 0 saturated carbocycles. The van der Waals surface area contributed by atoms with E-state index in [2.05, 4.69) is 6.92 Å². The Hall–Kier alpha value is -0.990. The largest absolute Gasteiger partial charge is 0.530 e. The quantitative estimate of drug-likeness (QED) is 0.212. The van der Waals surface area contributed by atoms with Gasteiger partial charge in [-0.25, -0.2) is 4.57 Å². The number of phosphoric ester groups is 1. The summed E-state index contributed by atoms with van der Waals surface area (Å²) in [7, 11) is -3.95. The number of hydrogen-bond donors (Lipinski definition) is 2. The van der Waals surface area contributed by atoms with Crippen molar-refractivity contribution in [1.29, 1.82) is 0 Å². The lowest BCUT2D eigenvalue weighted by Gasteiger charge is -2.45. The lowest BCUT2D eigenvalue weighted by Crippen LogP contribution is -2.61. The molecule has 0 amide bonds. The molecule has 3 rings (SSSR count). The first-order chi connectivity index (χ1) is 17.0. The van der Waals surface area contributed by atoms with Crippen molar-refractivity contribution in [2.75, 3.05) is 13.2 Å². The van der Waals surface area contributed by atoms with Crippen molar-refractivity contribution in [2.45, 2.75) is 115 Å². The number of fused-ring (bicyclic) bond motifs is 1. The van der Waals surface area contributed by atoms with Gasteiger partial charge in [0.25, 0.3) is 0 Å². The molecule has 2 heterocycles. The van der Waals surface area contributed by atoms with Gasteiger partial charge in [0.15, 0.2) is 6.29 Å². The predicted octanol–water partition coefficient (Wildman–Crippen LogP) is 5.75. The molecule has 0 bridgehead atoms. The Balaban J connectivity index is 1.28. The third kappa shape index (κ3) is 9.43. The number of aliphatic hydroxyl groups is 2. The fourth-order valence-corrected chi connectivity index (χ4v) is 5.88. The van der Waals surface area contributed by atoms with Gasteiger partial charge in [-0.1, -0.05) is 95.8 Å². The van der Waals surface area contributed by atoms with Crippen LogP contribution in [0.5, 0.6) is 5.75 Å². The summed E-state index contributed by atoms with van der Waals surface area (Å²) in [6.45, 7) is 2.58. The minimum Gasteiger partial charge on any atom is -0.404 e. The molecule has 0 aliphatic carbocycles. The molecule has 0 spiro atoms. The van der Waals surface area contributed by atoms with Crippen LogP contribution in [0.3, 0.4) is 0 Å². The number of para-hydroxylation sites is 1. The van der Waals surface area contributed by atoms with Gasteiger partial charge in [-0.3, -0.25) is 9.05 Å². The molecule has 2 fully saturated rings. The van der Waals surface area contributed by atoms with Crippen LogP contribution in [-0.4, -0.2) is 54.1 Å². The standard InChI is InChI=1S/C26H43O8P/c1-2-3-4-5-6-7-8-9-10-11-12-16-19-30-26-24(28)23(27)25-22(32-26)20-31-35(29,34-25)33-21-17-14-13-15-18-21/h13-15,17-18,22-28H,2-12,16,19-20H2,1H3/t22-,23-,24-,25-,26-,35+/m1/s1. The summed E-state index contributed by atoms with van der Waals surface area (Å²) in [5.74, 6) is 0.324. The molecule has 35 heavy (non-hydrogen) atoms. The van der Waals surface area contributed by atoms with E-state index in [1.165, 1.54) is 64.2 Å². The van der Waals surface area contributed by atoms with E-state index in [1.54, 1.807) is 30.3 Å². The summed E-state index contributed by atoms with van der Waals surface area (Å²) in [6.07, 6.45) is 9.62. The number of unbranched alkanes of at least 4 members (excludes halogenated alkanes) is 11. The zero-order valence-electron chi connectivity index (χ0n) is 21.0. The van der Waals surface area contributed by atoms with Gasteiger partial charge in [-0.2, -0.15) is 0 Å². The van der Waals surface area contributed by atoms with E-state index in [4.69, 9.17) is 23.0 Å². The van der Waals surface area contributed by atoms with Gasteiger partial charge in [0.1, 0.15) is 30.2 Å². The van der Waals surface area contributed by atoms with Crippen LogP contribution in [0.4, 0.5) is 0 Å². The van der Waals surface area contributed by atoms with Crippen LogP contribution >= 0.6 is 7.82 Å². The van der Waals surface area contributed by atoms with Crippen molar-refractivity contribution >= 4 is 7.82 Å². The lowest BCUT2D eigenvalue weighted by molar-refractivity contribution is -0.304. The van der Waals surface area contributed by atoms with E-state index >= 15 is 0 Å². The van der Waals surface area contributed by atoms with Gasteiger partial charge in [-0.15, -0.1) is 0 Å². The number of benzene rings is 1. The predicted molar refractivity (Wildman–Crippen MR) is 133 cm³/mol. The van der Waals surface area contributed by atoms with Crippen LogP contribution in [0.1, 0.15) is 84.0 Å². The first-order valence-electron chi connectivity index (χ1n) is 13.3. The highest BCUT2D eigenvalue weighted by Crippen LogP contribution is 2.55. The average Bonchev–Trinajstić information content (AvgIpc) is 2.86. The first kappa shape index (κ1) is 28.6. The third-order valence-electron chi connectivity index (χ3n) is 6.53. The lowest BCUT2D eigenvalue weighted by atomic mass is 9.99. The van der Waals surface area contributed by atoms with E-state index in [9.17, 15) is 14.8 Å². The molecule has 1 aromatic carbocycles. The number of aliphatic hydroxyl groups excluding tert-OH is 2. The molecule has 0 aromatic heterocycles. The highest BCUT2D eigenvalue weighted by Gasteiger charge is 2.53. The second-order valence-corrected chi connectivity index (χ2v) is 11.0. The molecule has 200 valence electrons. The number of hydrogen-bond acceptors (Lipinski definition) is 8. The highest BCUT2D eigenvalue weighted by atomic mass is 31.2. The SMILES string of the molecule is CCCCCCCCCCCCCCO[C@@H]1O[C@@H]2CO[P@@](=O)(Oc3ccccc3)O[C@H]2[C@H](O)[C@H]1O. The highest BCUT2D eigenvalue weighted by molar-refractivity contribution is 7.49. The van der Waals surface area contributed by atoms with Crippen LogP contribution in [0.25, 0.3) is 0 Å². The van der Waals surface area contributed by atoms with Gasteiger partial charge >= 0.3 is 7.82 Å². The van der Waals surface area contributed by atoms with E-state index in [-0.39, 0.29) is 6.61 Å². The van der Waals surface area contributed by atoms with E-state index < -0.39 is 38.5 Å². The van der Waals surface area contributed by atoms with Crippen molar-refractivity contribution < 1.29 is 37.8 Å². The van der Waals surface area contributed by atoms with Gasteiger partial charge in [0, 0.05) is 6.61 Å². The van der Waals surface area contributed by atoms with Crippen LogP contribution in [0.15, 0.2) is 30.3 Å². The Morgan fingerprint density at radius 1 is 0.886 bits per heavy atom. The van der Waals surface area contributed by atoms with Crippen molar-refractivity contribution in [3.05, 3.63) is 30.3 Å².